The van der Waals surface area contributed by atoms with Crippen molar-refractivity contribution in [2.24, 2.45) is 0 Å². The number of hydrogen-bond acceptors (Lipinski definition) is 7. The van der Waals surface area contributed by atoms with Crippen LogP contribution in [0.3, 0.4) is 0 Å². The lowest BCUT2D eigenvalue weighted by atomic mass is 10.1. The number of furan rings is 2. The van der Waals surface area contributed by atoms with E-state index >= 15 is 0 Å². The minimum atomic E-state index is -0.529. The van der Waals surface area contributed by atoms with Crippen LogP contribution in [0.2, 0.25) is 0 Å². The minimum Gasteiger partial charge on any atom is -0.459 e. The van der Waals surface area contributed by atoms with Crippen LogP contribution in [0.4, 0.5) is 11.7 Å². The lowest BCUT2D eigenvalue weighted by Gasteiger charge is -2.07. The quantitative estimate of drug-likeness (QED) is 0.524. The van der Waals surface area contributed by atoms with Crippen LogP contribution in [0.15, 0.2) is 62.0 Å². The molecule has 0 spiro atoms. The summed E-state index contributed by atoms with van der Waals surface area (Å²) in [5.74, 6) is 0.479. The molecule has 0 aliphatic rings. The van der Waals surface area contributed by atoms with Crippen molar-refractivity contribution in [1.29, 1.82) is 0 Å². The monoisotopic (exact) mass is 392 g/mol. The Morgan fingerprint density at radius 3 is 2.55 bits per heavy atom. The molecule has 9 heteroatoms. The third kappa shape index (κ3) is 3.93. The van der Waals surface area contributed by atoms with Crippen molar-refractivity contribution in [2.45, 2.75) is 13.8 Å². The predicted octanol–water partition coefficient (Wildman–Crippen LogP) is 4.11. The second-order valence-corrected chi connectivity index (χ2v) is 6.22. The second kappa shape index (κ2) is 7.47. The first-order valence-electron chi connectivity index (χ1n) is 8.67. The van der Waals surface area contributed by atoms with Gasteiger partial charge in [-0.1, -0.05) is 5.10 Å². The average molecular weight is 392 g/mol. The number of benzene rings is 1. The predicted molar refractivity (Wildman–Crippen MR) is 103 cm³/mol. The van der Waals surface area contributed by atoms with Crippen molar-refractivity contribution in [3.8, 4) is 23.0 Å². The first-order chi connectivity index (χ1) is 14.0. The third-order valence-electron chi connectivity index (χ3n) is 4.02. The number of amides is 2. The molecule has 1 aromatic carbocycles. The van der Waals surface area contributed by atoms with Crippen molar-refractivity contribution >= 4 is 23.5 Å². The van der Waals surface area contributed by atoms with E-state index in [1.165, 1.54) is 13.2 Å². The molecule has 3 heterocycles. The molecule has 9 nitrogen and oxygen atoms in total. The standard InChI is InChI=1S/C20H16N4O5/c1-11-10-13(21-12(2)25)5-6-14(11)15-7-8-16(28-15)18(26)22-20-24-23-19(29-20)17-4-3-9-27-17/h3-10H,1-2H3,(H,21,25)(H,22,24,26). The van der Waals surface area contributed by atoms with Gasteiger partial charge in [-0.3, -0.25) is 14.9 Å². The van der Waals surface area contributed by atoms with Crippen LogP contribution < -0.4 is 10.6 Å². The maximum atomic E-state index is 12.4. The van der Waals surface area contributed by atoms with Crippen LogP contribution in [0, 0.1) is 6.92 Å². The fourth-order valence-corrected chi connectivity index (χ4v) is 2.76. The molecule has 0 saturated carbocycles. The van der Waals surface area contributed by atoms with Gasteiger partial charge in [-0.15, -0.1) is 5.10 Å². The Morgan fingerprint density at radius 2 is 1.83 bits per heavy atom. The molecule has 29 heavy (non-hydrogen) atoms. The van der Waals surface area contributed by atoms with Crippen molar-refractivity contribution in [1.82, 2.24) is 10.2 Å². The van der Waals surface area contributed by atoms with Crippen LogP contribution in [0.25, 0.3) is 23.0 Å². The van der Waals surface area contributed by atoms with Gasteiger partial charge in [0.1, 0.15) is 5.76 Å². The van der Waals surface area contributed by atoms with Gasteiger partial charge >= 0.3 is 6.01 Å². The zero-order chi connectivity index (χ0) is 20.4. The van der Waals surface area contributed by atoms with Gasteiger partial charge in [0.2, 0.25) is 5.91 Å². The van der Waals surface area contributed by atoms with Gasteiger partial charge in [0, 0.05) is 18.2 Å². The van der Waals surface area contributed by atoms with Gasteiger partial charge in [-0.05, 0) is 55.0 Å². The molecule has 4 rings (SSSR count). The molecule has 3 aromatic heterocycles. The van der Waals surface area contributed by atoms with Crippen LogP contribution in [-0.4, -0.2) is 22.0 Å². The second-order valence-electron chi connectivity index (χ2n) is 6.22. The Hall–Kier alpha value is -4.14. The third-order valence-corrected chi connectivity index (χ3v) is 4.02. The summed E-state index contributed by atoms with van der Waals surface area (Å²) in [4.78, 5) is 23.6. The molecule has 146 valence electrons. The maximum Gasteiger partial charge on any atom is 0.323 e. The molecular weight excluding hydrogens is 376 g/mol. The lowest BCUT2D eigenvalue weighted by Crippen LogP contribution is -2.11. The Morgan fingerprint density at radius 1 is 0.966 bits per heavy atom. The number of carbonyl (C=O) groups is 2. The summed E-state index contributed by atoms with van der Waals surface area (Å²) in [5, 5.41) is 12.8. The Kier molecular flexibility index (Phi) is 4.70. The highest BCUT2D eigenvalue weighted by atomic mass is 16.4. The smallest absolute Gasteiger partial charge is 0.323 e. The van der Waals surface area contributed by atoms with Crippen molar-refractivity contribution < 1.29 is 22.8 Å². The van der Waals surface area contributed by atoms with Gasteiger partial charge in [0.15, 0.2) is 11.5 Å². The lowest BCUT2D eigenvalue weighted by molar-refractivity contribution is -0.114. The van der Waals surface area contributed by atoms with E-state index in [0.717, 1.165) is 11.1 Å². The summed E-state index contributed by atoms with van der Waals surface area (Å²) >= 11 is 0. The number of anilines is 2. The van der Waals surface area contributed by atoms with Crippen LogP contribution in [0.1, 0.15) is 23.0 Å². The SMILES string of the molecule is CC(=O)Nc1ccc(-c2ccc(C(=O)Nc3nnc(-c4ccco4)o3)o2)c(C)c1. The van der Waals surface area contributed by atoms with Crippen molar-refractivity contribution in [3.63, 3.8) is 0 Å². The summed E-state index contributed by atoms with van der Waals surface area (Å²) in [6.07, 6.45) is 1.48. The molecule has 0 unspecified atom stereocenters. The molecular formula is C20H16N4O5. The van der Waals surface area contributed by atoms with Crippen LogP contribution in [0.5, 0.6) is 0 Å². The summed E-state index contributed by atoms with van der Waals surface area (Å²) in [6.45, 7) is 3.33. The molecule has 0 saturated heterocycles. The zero-order valence-corrected chi connectivity index (χ0v) is 15.6. The minimum absolute atomic E-state index is 0.0739. The molecule has 0 aliphatic carbocycles. The first kappa shape index (κ1) is 18.2. The summed E-state index contributed by atoms with van der Waals surface area (Å²) in [5.41, 5.74) is 2.38. The van der Waals surface area contributed by atoms with E-state index in [9.17, 15) is 9.59 Å². The maximum absolute atomic E-state index is 12.4. The molecule has 2 amide bonds. The summed E-state index contributed by atoms with van der Waals surface area (Å²) in [7, 11) is 0. The largest absolute Gasteiger partial charge is 0.459 e. The number of aryl methyl sites for hydroxylation is 1. The Bertz CT molecular complexity index is 1170. The fraction of sp³-hybridized carbons (Fsp3) is 0.100. The fourth-order valence-electron chi connectivity index (χ4n) is 2.76. The average Bonchev–Trinajstić information content (AvgIpc) is 3.42. The molecule has 0 aliphatic heterocycles. The Labute approximate surface area is 164 Å². The molecule has 0 atom stereocenters. The van der Waals surface area contributed by atoms with Gasteiger partial charge in [-0.2, -0.15) is 0 Å². The number of nitrogens with zero attached hydrogens (tertiary/aromatic N) is 2. The number of carbonyl (C=O) groups excluding carboxylic acids is 2. The van der Waals surface area contributed by atoms with E-state index in [4.69, 9.17) is 13.3 Å². The van der Waals surface area contributed by atoms with Crippen LogP contribution in [-0.2, 0) is 4.79 Å². The first-order valence-corrected chi connectivity index (χ1v) is 8.67. The van der Waals surface area contributed by atoms with E-state index in [-0.39, 0.29) is 23.6 Å². The normalized spacial score (nSPS) is 10.7. The van der Waals surface area contributed by atoms with Gasteiger partial charge in [0.05, 0.1) is 6.26 Å². The summed E-state index contributed by atoms with van der Waals surface area (Å²) in [6, 6.07) is 11.9. The van der Waals surface area contributed by atoms with Crippen molar-refractivity contribution in [2.75, 3.05) is 10.6 Å². The number of hydrogen-bond donors (Lipinski definition) is 2. The van der Waals surface area contributed by atoms with E-state index in [2.05, 4.69) is 20.8 Å². The van der Waals surface area contributed by atoms with Gasteiger partial charge in [-0.25, -0.2) is 0 Å². The number of nitrogens with one attached hydrogen (secondary N) is 2. The zero-order valence-electron chi connectivity index (χ0n) is 15.6. The van der Waals surface area contributed by atoms with E-state index in [1.807, 2.05) is 19.1 Å². The molecule has 0 radical (unpaired) electrons. The number of rotatable bonds is 5. The highest BCUT2D eigenvalue weighted by molar-refractivity contribution is 6.01. The Balaban J connectivity index is 1.49. The van der Waals surface area contributed by atoms with Gasteiger partial charge in [0.25, 0.3) is 11.8 Å². The molecule has 0 bridgehead atoms. The molecule has 4 aromatic rings. The summed E-state index contributed by atoms with van der Waals surface area (Å²) < 4.78 is 16.2. The van der Waals surface area contributed by atoms with Gasteiger partial charge < -0.3 is 18.6 Å². The topological polar surface area (TPSA) is 123 Å². The van der Waals surface area contributed by atoms with Crippen LogP contribution >= 0.6 is 0 Å². The molecule has 0 fully saturated rings. The van der Waals surface area contributed by atoms with Crippen molar-refractivity contribution in [3.05, 3.63) is 60.1 Å². The highest BCUT2D eigenvalue weighted by Crippen LogP contribution is 2.28. The van der Waals surface area contributed by atoms with E-state index in [0.29, 0.717) is 17.2 Å². The van der Waals surface area contributed by atoms with E-state index < -0.39 is 5.91 Å². The molecule has 2 N–H and O–H groups in total. The number of aromatic nitrogens is 2. The highest BCUT2D eigenvalue weighted by Gasteiger charge is 2.18. The van der Waals surface area contributed by atoms with E-state index in [1.54, 1.807) is 30.3 Å².